The van der Waals surface area contributed by atoms with Gasteiger partial charge in [-0.25, -0.2) is 0 Å². The van der Waals surface area contributed by atoms with Gasteiger partial charge < -0.3 is 9.47 Å². The SMILES string of the molecule is CCCCCCCCCOC(=O)CCCCCCCCC(=O)Oc1ccc(Cl)cc1Cl. The number of carbonyl (C=O) groups excluding carboxylic acids is 2. The van der Waals surface area contributed by atoms with Crippen LogP contribution in [-0.2, 0) is 14.3 Å². The Labute approximate surface area is 198 Å². The van der Waals surface area contributed by atoms with Crippen molar-refractivity contribution in [2.45, 2.75) is 103 Å². The second-order valence-electron chi connectivity index (χ2n) is 8.01. The molecule has 6 heteroatoms. The molecule has 0 aromatic heterocycles. The number of hydrogen-bond acceptors (Lipinski definition) is 4. The maximum Gasteiger partial charge on any atom is 0.311 e. The van der Waals surface area contributed by atoms with Crippen LogP contribution >= 0.6 is 23.2 Å². The topological polar surface area (TPSA) is 52.6 Å². The fourth-order valence-corrected chi connectivity index (χ4v) is 3.74. The van der Waals surface area contributed by atoms with E-state index in [1.165, 1.54) is 32.1 Å². The second kappa shape index (κ2) is 18.3. The molecule has 0 aliphatic carbocycles. The van der Waals surface area contributed by atoms with Crippen molar-refractivity contribution in [3.8, 4) is 5.75 Å². The maximum absolute atomic E-state index is 11.9. The summed E-state index contributed by atoms with van der Waals surface area (Å²) in [6.07, 6.45) is 15.2. The second-order valence-corrected chi connectivity index (χ2v) is 8.86. The third-order valence-corrected chi connectivity index (χ3v) is 5.67. The molecule has 0 bridgehead atoms. The summed E-state index contributed by atoms with van der Waals surface area (Å²) in [5.74, 6) is -0.0163. The molecular formula is C25H38Cl2O4. The molecule has 0 aliphatic rings. The van der Waals surface area contributed by atoms with Crippen LogP contribution in [-0.4, -0.2) is 18.5 Å². The standard InChI is InChI=1S/C25H38Cl2O4/c1-2-3-4-5-8-11-14-19-30-24(28)15-12-9-6-7-10-13-16-25(29)31-23-18-17-21(26)20-22(23)27/h17-18,20H,2-16,19H2,1H3. The van der Waals surface area contributed by atoms with Gasteiger partial charge in [0.15, 0.2) is 0 Å². The molecule has 1 rings (SSSR count). The van der Waals surface area contributed by atoms with E-state index in [2.05, 4.69) is 6.92 Å². The predicted molar refractivity (Wildman–Crippen MR) is 128 cm³/mol. The lowest BCUT2D eigenvalue weighted by Gasteiger charge is -2.07. The van der Waals surface area contributed by atoms with Gasteiger partial charge in [0, 0.05) is 17.9 Å². The molecule has 1 aromatic rings. The summed E-state index contributed by atoms with van der Waals surface area (Å²) in [6, 6.07) is 4.79. The summed E-state index contributed by atoms with van der Waals surface area (Å²) in [5, 5.41) is 0.841. The van der Waals surface area contributed by atoms with Crippen molar-refractivity contribution in [3.63, 3.8) is 0 Å². The number of rotatable bonds is 18. The Morgan fingerprint density at radius 1 is 0.742 bits per heavy atom. The number of halogens is 2. The Hall–Kier alpha value is -1.26. The van der Waals surface area contributed by atoms with Gasteiger partial charge in [0.05, 0.1) is 11.6 Å². The van der Waals surface area contributed by atoms with E-state index in [-0.39, 0.29) is 11.9 Å². The molecule has 0 amide bonds. The lowest BCUT2D eigenvalue weighted by atomic mass is 10.1. The minimum atomic E-state index is -0.284. The zero-order chi connectivity index (χ0) is 22.7. The van der Waals surface area contributed by atoms with Crippen molar-refractivity contribution >= 4 is 35.1 Å². The monoisotopic (exact) mass is 472 g/mol. The first kappa shape index (κ1) is 27.8. The van der Waals surface area contributed by atoms with Crippen LogP contribution in [0.1, 0.15) is 103 Å². The average molecular weight is 473 g/mol. The molecule has 0 saturated carbocycles. The van der Waals surface area contributed by atoms with Crippen LogP contribution < -0.4 is 4.74 Å². The summed E-state index contributed by atoms with van der Waals surface area (Å²) in [6.45, 7) is 2.78. The number of unbranched alkanes of at least 4 members (excludes halogenated alkanes) is 11. The summed E-state index contributed by atoms with van der Waals surface area (Å²) in [4.78, 5) is 23.6. The number of carbonyl (C=O) groups is 2. The van der Waals surface area contributed by atoms with Crippen LogP contribution in [0.25, 0.3) is 0 Å². The average Bonchev–Trinajstić information content (AvgIpc) is 2.74. The number of esters is 2. The van der Waals surface area contributed by atoms with Crippen LogP contribution in [0, 0.1) is 0 Å². The first-order chi connectivity index (χ1) is 15.0. The fraction of sp³-hybridized carbons (Fsp3) is 0.680. The van der Waals surface area contributed by atoms with Crippen molar-refractivity contribution in [1.82, 2.24) is 0 Å². The molecule has 4 nitrogen and oxygen atoms in total. The first-order valence-corrected chi connectivity index (χ1v) is 12.6. The van der Waals surface area contributed by atoms with Gasteiger partial charge in [0.25, 0.3) is 0 Å². The third-order valence-electron chi connectivity index (χ3n) is 5.14. The molecule has 0 atom stereocenters. The van der Waals surface area contributed by atoms with Crippen LogP contribution in [0.2, 0.25) is 10.0 Å². The van der Waals surface area contributed by atoms with E-state index < -0.39 is 0 Å². The van der Waals surface area contributed by atoms with Gasteiger partial charge in [0.1, 0.15) is 5.75 Å². The molecule has 1 aromatic carbocycles. The van der Waals surface area contributed by atoms with E-state index in [1.807, 2.05) is 0 Å². The molecule has 0 unspecified atom stereocenters. The highest BCUT2D eigenvalue weighted by Crippen LogP contribution is 2.28. The van der Waals surface area contributed by atoms with Crippen LogP contribution in [0.3, 0.4) is 0 Å². The zero-order valence-corrected chi connectivity index (χ0v) is 20.4. The largest absolute Gasteiger partial charge is 0.466 e. The Morgan fingerprint density at radius 3 is 1.90 bits per heavy atom. The van der Waals surface area contributed by atoms with Crippen molar-refractivity contribution < 1.29 is 19.1 Å². The lowest BCUT2D eigenvalue weighted by Crippen LogP contribution is -2.07. The Balaban J connectivity index is 1.90. The van der Waals surface area contributed by atoms with Gasteiger partial charge in [-0.1, -0.05) is 94.3 Å². The van der Waals surface area contributed by atoms with Crippen molar-refractivity contribution in [2.75, 3.05) is 6.61 Å². The summed E-state index contributed by atoms with van der Waals surface area (Å²) in [7, 11) is 0. The molecular weight excluding hydrogens is 435 g/mol. The van der Waals surface area contributed by atoms with Gasteiger partial charge in [0.2, 0.25) is 0 Å². The molecule has 0 saturated heterocycles. The van der Waals surface area contributed by atoms with E-state index in [1.54, 1.807) is 18.2 Å². The number of hydrogen-bond donors (Lipinski definition) is 0. The van der Waals surface area contributed by atoms with E-state index in [0.717, 1.165) is 51.4 Å². The zero-order valence-electron chi connectivity index (χ0n) is 18.9. The normalized spacial score (nSPS) is 10.8. The lowest BCUT2D eigenvalue weighted by molar-refractivity contribution is -0.144. The van der Waals surface area contributed by atoms with E-state index in [4.69, 9.17) is 32.7 Å². The Bertz CT molecular complexity index is 634. The Morgan fingerprint density at radius 2 is 1.29 bits per heavy atom. The van der Waals surface area contributed by atoms with Gasteiger partial charge in [-0.05, 0) is 37.5 Å². The Kier molecular flexibility index (Phi) is 16.4. The van der Waals surface area contributed by atoms with Crippen LogP contribution in [0.15, 0.2) is 18.2 Å². The number of benzene rings is 1. The molecule has 0 heterocycles. The molecule has 0 fully saturated rings. The molecule has 0 radical (unpaired) electrons. The minimum Gasteiger partial charge on any atom is -0.466 e. The minimum absolute atomic E-state index is 0.0745. The molecule has 0 spiro atoms. The van der Waals surface area contributed by atoms with Gasteiger partial charge in [-0.2, -0.15) is 0 Å². The van der Waals surface area contributed by atoms with Crippen LogP contribution in [0.5, 0.6) is 5.75 Å². The van der Waals surface area contributed by atoms with Gasteiger partial charge >= 0.3 is 11.9 Å². The third kappa shape index (κ3) is 15.2. The number of ether oxygens (including phenoxy) is 2. The van der Waals surface area contributed by atoms with Crippen molar-refractivity contribution in [2.24, 2.45) is 0 Å². The van der Waals surface area contributed by atoms with E-state index in [9.17, 15) is 9.59 Å². The maximum atomic E-state index is 11.9. The summed E-state index contributed by atoms with van der Waals surface area (Å²) >= 11 is 11.8. The highest BCUT2D eigenvalue weighted by molar-refractivity contribution is 6.35. The smallest absolute Gasteiger partial charge is 0.311 e. The fourth-order valence-electron chi connectivity index (χ4n) is 3.29. The van der Waals surface area contributed by atoms with E-state index >= 15 is 0 Å². The summed E-state index contributed by atoms with van der Waals surface area (Å²) < 4.78 is 10.6. The van der Waals surface area contributed by atoms with Crippen LogP contribution in [0.4, 0.5) is 0 Å². The van der Waals surface area contributed by atoms with Crippen molar-refractivity contribution in [3.05, 3.63) is 28.2 Å². The predicted octanol–water partition coefficient (Wildman–Crippen LogP) is 8.31. The summed E-state index contributed by atoms with van der Waals surface area (Å²) in [5.41, 5.74) is 0. The molecule has 176 valence electrons. The van der Waals surface area contributed by atoms with Gasteiger partial charge in [-0.3, -0.25) is 9.59 Å². The highest BCUT2D eigenvalue weighted by atomic mass is 35.5. The van der Waals surface area contributed by atoms with E-state index in [0.29, 0.717) is 35.2 Å². The van der Waals surface area contributed by atoms with Gasteiger partial charge in [-0.15, -0.1) is 0 Å². The quantitative estimate of drug-likeness (QED) is 0.122. The molecule has 0 N–H and O–H groups in total. The first-order valence-electron chi connectivity index (χ1n) is 11.8. The highest BCUT2D eigenvalue weighted by Gasteiger charge is 2.09. The van der Waals surface area contributed by atoms with Crippen molar-refractivity contribution in [1.29, 1.82) is 0 Å². The molecule has 31 heavy (non-hydrogen) atoms. The molecule has 0 aliphatic heterocycles.